The highest BCUT2D eigenvalue weighted by molar-refractivity contribution is 7.93. The second-order valence-corrected chi connectivity index (χ2v) is 10.0. The first kappa shape index (κ1) is 21.9. The van der Waals surface area contributed by atoms with Crippen LogP contribution in [-0.4, -0.2) is 32.4 Å². The number of benzene rings is 1. The molecule has 0 bridgehead atoms. The van der Waals surface area contributed by atoms with Crippen LogP contribution < -0.4 is 10.0 Å². The fourth-order valence-corrected chi connectivity index (χ4v) is 5.66. The van der Waals surface area contributed by atoms with Gasteiger partial charge in [0.2, 0.25) is 5.91 Å². The number of hydrogen-bond acceptors (Lipinski definition) is 8. The molecule has 0 aliphatic heterocycles. The van der Waals surface area contributed by atoms with Gasteiger partial charge in [-0.05, 0) is 31.5 Å². The van der Waals surface area contributed by atoms with Gasteiger partial charge in [0.25, 0.3) is 10.0 Å². The minimum atomic E-state index is -3.75. The number of sulfonamides is 1. The Labute approximate surface area is 182 Å². The quantitative estimate of drug-likeness (QED) is 0.516. The second kappa shape index (κ2) is 8.94. The first-order valence-corrected chi connectivity index (χ1v) is 11.9. The zero-order valence-corrected chi connectivity index (χ0v) is 18.8. The van der Waals surface area contributed by atoms with Gasteiger partial charge in [-0.15, -0.1) is 22.7 Å². The summed E-state index contributed by atoms with van der Waals surface area (Å²) < 4.78 is 32.0. The average molecular weight is 466 g/mol. The molecule has 2 aromatic heterocycles. The van der Waals surface area contributed by atoms with E-state index in [2.05, 4.69) is 15.0 Å². The van der Waals surface area contributed by atoms with Gasteiger partial charge in [-0.2, -0.15) is 0 Å². The summed E-state index contributed by atoms with van der Waals surface area (Å²) >= 11 is 2.38. The van der Waals surface area contributed by atoms with E-state index < -0.39 is 16.0 Å². The summed E-state index contributed by atoms with van der Waals surface area (Å²) in [6.07, 6.45) is -0.0693. The lowest BCUT2D eigenvalue weighted by molar-refractivity contribution is -0.115. The molecule has 0 radical (unpaired) electrons. The fourth-order valence-electron chi connectivity index (χ4n) is 2.61. The molecule has 0 spiro atoms. The van der Waals surface area contributed by atoms with Gasteiger partial charge in [-0.3, -0.25) is 9.52 Å². The topological polar surface area (TPSA) is 114 Å². The van der Waals surface area contributed by atoms with Gasteiger partial charge in [0.05, 0.1) is 29.7 Å². The van der Waals surface area contributed by atoms with Crippen LogP contribution in [0.4, 0.5) is 10.1 Å². The molecule has 0 saturated carbocycles. The Balaban J connectivity index is 1.69. The summed E-state index contributed by atoms with van der Waals surface area (Å²) in [7, 11) is -2.46. The van der Waals surface area contributed by atoms with Crippen LogP contribution in [0.2, 0.25) is 0 Å². The number of hydrogen-bond donors (Lipinski definition) is 2. The van der Waals surface area contributed by atoms with Crippen LogP contribution in [0.5, 0.6) is 0 Å². The van der Waals surface area contributed by atoms with E-state index in [9.17, 15) is 18.0 Å². The van der Waals surface area contributed by atoms with Crippen molar-refractivity contribution in [2.75, 3.05) is 17.1 Å². The minimum absolute atomic E-state index is 0.0693. The molecule has 3 rings (SSSR count). The number of rotatable bonds is 7. The third-order valence-electron chi connectivity index (χ3n) is 4.20. The lowest BCUT2D eigenvalue weighted by Gasteiger charge is -2.05. The zero-order valence-electron chi connectivity index (χ0n) is 16.4. The van der Waals surface area contributed by atoms with E-state index in [1.54, 1.807) is 30.5 Å². The van der Waals surface area contributed by atoms with Gasteiger partial charge in [0.15, 0.2) is 5.13 Å². The number of thiophene rings is 1. The van der Waals surface area contributed by atoms with Gasteiger partial charge in [-0.1, -0.05) is 18.2 Å². The summed E-state index contributed by atoms with van der Waals surface area (Å²) in [6, 6.07) is 7.94. The van der Waals surface area contributed by atoms with Crippen molar-refractivity contribution in [1.82, 2.24) is 4.98 Å². The van der Waals surface area contributed by atoms with E-state index >= 15 is 0 Å². The maximum absolute atomic E-state index is 12.5. The molecular formula is C19H19N3O5S3. The van der Waals surface area contributed by atoms with Gasteiger partial charge < -0.3 is 10.1 Å². The molecule has 0 aliphatic carbocycles. The Morgan fingerprint density at radius 1 is 1.17 bits per heavy atom. The first-order chi connectivity index (χ1) is 14.2. The molecule has 3 aromatic rings. The largest absolute Gasteiger partial charge is 0.465 e. The second-order valence-electron chi connectivity index (χ2n) is 6.27. The van der Waals surface area contributed by atoms with Crippen LogP contribution in [0.25, 0.3) is 0 Å². The Bertz CT molecular complexity index is 1180. The highest BCUT2D eigenvalue weighted by atomic mass is 32.2. The molecule has 30 heavy (non-hydrogen) atoms. The molecule has 8 nitrogen and oxygen atoms in total. The van der Waals surface area contributed by atoms with Crippen molar-refractivity contribution in [3.05, 3.63) is 57.4 Å². The number of thiazole rings is 1. The summed E-state index contributed by atoms with van der Waals surface area (Å²) in [5, 5.41) is 4.91. The van der Waals surface area contributed by atoms with Crippen molar-refractivity contribution in [2.24, 2.45) is 0 Å². The van der Waals surface area contributed by atoms with Crippen molar-refractivity contribution in [3.8, 4) is 0 Å². The number of anilines is 2. The lowest BCUT2D eigenvalue weighted by Crippen LogP contribution is -2.16. The lowest BCUT2D eigenvalue weighted by atomic mass is 10.1. The number of carbonyl (C=O) groups is 2. The predicted molar refractivity (Wildman–Crippen MR) is 117 cm³/mol. The number of amides is 1. The Hall–Kier alpha value is -2.76. The highest BCUT2D eigenvalue weighted by Crippen LogP contribution is 2.33. The molecule has 2 N–H and O–H groups in total. The van der Waals surface area contributed by atoms with E-state index in [4.69, 9.17) is 4.74 Å². The highest BCUT2D eigenvalue weighted by Gasteiger charge is 2.22. The van der Waals surface area contributed by atoms with E-state index in [-0.39, 0.29) is 22.4 Å². The predicted octanol–water partition coefficient (Wildman–Crippen LogP) is 3.59. The minimum Gasteiger partial charge on any atom is -0.465 e. The van der Waals surface area contributed by atoms with Crippen LogP contribution in [0.15, 0.2) is 40.6 Å². The van der Waals surface area contributed by atoms with Gasteiger partial charge in [-0.25, -0.2) is 18.2 Å². The van der Waals surface area contributed by atoms with Crippen molar-refractivity contribution >= 4 is 54.7 Å². The Morgan fingerprint density at radius 3 is 2.53 bits per heavy atom. The maximum atomic E-state index is 12.5. The average Bonchev–Trinajstić information content (AvgIpc) is 3.25. The molecule has 1 amide bonds. The first-order valence-electron chi connectivity index (χ1n) is 8.71. The number of aromatic nitrogens is 1. The molecule has 1 aromatic carbocycles. The van der Waals surface area contributed by atoms with Crippen molar-refractivity contribution in [3.63, 3.8) is 0 Å². The number of ether oxygens (including phenoxy) is 1. The van der Waals surface area contributed by atoms with Crippen LogP contribution >= 0.6 is 22.7 Å². The normalized spacial score (nSPS) is 11.2. The standard InChI is InChI=1S/C19H19N3O5S3/c1-11-12(2)29-17(16(11)18(24)27-3)21-15(23)9-13-10-28-19(20-13)22-30(25,26)14-7-5-4-6-8-14/h4-8,10H,9H2,1-3H3,(H,20,22)(H,21,23). The summed E-state index contributed by atoms with van der Waals surface area (Å²) in [5.74, 6) is -0.886. The summed E-state index contributed by atoms with van der Waals surface area (Å²) in [4.78, 5) is 29.7. The number of methoxy groups -OCH3 is 1. The zero-order chi connectivity index (χ0) is 21.9. The van der Waals surface area contributed by atoms with Crippen LogP contribution in [0.1, 0.15) is 26.5 Å². The van der Waals surface area contributed by atoms with Crippen molar-refractivity contribution in [1.29, 1.82) is 0 Å². The van der Waals surface area contributed by atoms with Gasteiger partial charge in [0, 0.05) is 10.3 Å². The Morgan fingerprint density at radius 2 is 1.87 bits per heavy atom. The molecule has 158 valence electrons. The van der Waals surface area contributed by atoms with Crippen molar-refractivity contribution < 1.29 is 22.7 Å². The fraction of sp³-hybridized carbons (Fsp3) is 0.211. The molecule has 0 unspecified atom stereocenters. The summed E-state index contributed by atoms with van der Waals surface area (Å²) in [6.45, 7) is 3.65. The SMILES string of the molecule is COC(=O)c1c(NC(=O)Cc2csc(NS(=O)(=O)c3ccccc3)n2)sc(C)c1C. The monoisotopic (exact) mass is 465 g/mol. The molecule has 2 heterocycles. The van der Waals surface area contributed by atoms with E-state index in [0.29, 0.717) is 16.3 Å². The van der Waals surface area contributed by atoms with Crippen LogP contribution in [0.3, 0.4) is 0 Å². The molecular weight excluding hydrogens is 446 g/mol. The Kier molecular flexibility index (Phi) is 6.54. The number of nitrogens with zero attached hydrogens (tertiary/aromatic N) is 1. The smallest absolute Gasteiger partial charge is 0.341 e. The van der Waals surface area contributed by atoms with Gasteiger partial charge in [0.1, 0.15) is 5.00 Å². The van der Waals surface area contributed by atoms with E-state index in [0.717, 1.165) is 21.8 Å². The number of esters is 1. The number of aryl methyl sites for hydroxylation is 1. The third-order valence-corrected chi connectivity index (χ3v) is 7.61. The molecule has 0 fully saturated rings. The number of nitrogens with one attached hydrogen (secondary N) is 2. The van der Waals surface area contributed by atoms with Crippen molar-refractivity contribution in [2.45, 2.75) is 25.2 Å². The molecule has 0 saturated heterocycles. The molecule has 0 atom stereocenters. The summed E-state index contributed by atoms with van der Waals surface area (Å²) in [5.41, 5.74) is 1.50. The van der Waals surface area contributed by atoms with E-state index in [1.165, 1.54) is 30.6 Å². The van der Waals surface area contributed by atoms with E-state index in [1.807, 2.05) is 6.92 Å². The molecule has 0 aliphatic rings. The van der Waals surface area contributed by atoms with Crippen LogP contribution in [0, 0.1) is 13.8 Å². The third kappa shape index (κ3) is 4.86. The molecule has 11 heteroatoms. The van der Waals surface area contributed by atoms with Crippen LogP contribution in [-0.2, 0) is 26.0 Å². The van der Waals surface area contributed by atoms with Gasteiger partial charge >= 0.3 is 5.97 Å². The number of carbonyl (C=O) groups excluding carboxylic acids is 2. The maximum Gasteiger partial charge on any atom is 0.341 e.